The third-order valence-corrected chi connectivity index (χ3v) is 7.26. The van der Waals surface area contributed by atoms with Gasteiger partial charge in [-0.1, -0.05) is 18.0 Å². The van der Waals surface area contributed by atoms with E-state index in [0.717, 1.165) is 50.9 Å². The van der Waals surface area contributed by atoms with E-state index in [2.05, 4.69) is 11.8 Å². The van der Waals surface area contributed by atoms with Gasteiger partial charge in [-0.3, -0.25) is 0 Å². The molecule has 0 spiro atoms. The number of hydrogen-bond donors (Lipinski definition) is 0. The van der Waals surface area contributed by atoms with E-state index >= 15 is 0 Å². The Morgan fingerprint density at radius 2 is 1.68 bits per heavy atom. The summed E-state index contributed by atoms with van der Waals surface area (Å²) < 4.78 is 5.77. The van der Waals surface area contributed by atoms with Crippen molar-refractivity contribution in [1.82, 2.24) is 14.9 Å². The van der Waals surface area contributed by atoms with Gasteiger partial charge in [0.15, 0.2) is 0 Å². The Labute approximate surface area is 191 Å². The minimum absolute atomic E-state index is 0.0641. The van der Waals surface area contributed by atoms with Crippen LogP contribution in [0, 0.1) is 0 Å². The maximum Gasteiger partial charge on any atom is 0.409 e. The third-order valence-electron chi connectivity index (χ3n) is 7.01. The molecule has 0 unspecified atom stereocenters. The molecule has 172 valence electrons. The highest BCUT2D eigenvalue weighted by atomic mass is 35.5. The zero-order valence-electron chi connectivity index (χ0n) is 18.7. The summed E-state index contributed by atoms with van der Waals surface area (Å²) in [5, 5.41) is 2.69. The number of nitrogens with zero attached hydrogens (tertiary/aromatic N) is 3. The summed E-state index contributed by atoms with van der Waals surface area (Å²) in [5.74, 6) is 0.759. The number of likely N-dealkylation sites (tertiary alicyclic amines) is 2. The Balaban J connectivity index is 1.25. The summed E-state index contributed by atoms with van der Waals surface area (Å²) in [5.41, 5.74) is 0. The maximum absolute atomic E-state index is 12.7. The van der Waals surface area contributed by atoms with E-state index in [1.807, 2.05) is 34.2 Å². The van der Waals surface area contributed by atoms with Crippen molar-refractivity contribution in [2.24, 2.45) is 0 Å². The van der Waals surface area contributed by atoms with Gasteiger partial charge in [0.05, 0.1) is 6.04 Å². The number of rotatable bonds is 5. The monoisotopic (exact) mass is 449 g/mol. The third kappa shape index (κ3) is 6.05. The van der Waals surface area contributed by atoms with Gasteiger partial charge in [0, 0.05) is 30.2 Å². The van der Waals surface area contributed by atoms with Crippen molar-refractivity contribution in [1.29, 1.82) is 0 Å². The molecule has 0 N–H and O–H groups in total. The highest BCUT2D eigenvalue weighted by molar-refractivity contribution is 6.30. The van der Waals surface area contributed by atoms with Crippen LogP contribution in [0.15, 0.2) is 24.3 Å². The number of carbonyl (C=O) groups excluding carboxylic acids is 1. The van der Waals surface area contributed by atoms with Crippen LogP contribution >= 0.6 is 11.6 Å². The molecule has 0 bridgehead atoms. The number of hydrogen-bond acceptors (Lipinski definition) is 5. The summed E-state index contributed by atoms with van der Waals surface area (Å²) in [7, 11) is 0. The number of benzene rings is 1. The van der Waals surface area contributed by atoms with Gasteiger partial charge < -0.3 is 19.4 Å². The van der Waals surface area contributed by atoms with Crippen molar-refractivity contribution in [3.8, 4) is 5.75 Å². The van der Waals surface area contributed by atoms with Crippen LogP contribution in [0.1, 0.15) is 58.3 Å². The van der Waals surface area contributed by atoms with Crippen molar-refractivity contribution < 1.29 is 14.4 Å². The number of hydroxylamine groups is 2. The SMILES string of the molecule is C[C@@H]1CCC[C@H](COC(=O)N2CCC(N3CCCCC3)CC2)N1Oc1ccc(Cl)cc1. The molecule has 0 aromatic heterocycles. The molecule has 1 aromatic carbocycles. The van der Waals surface area contributed by atoms with Crippen LogP contribution in [0.5, 0.6) is 5.75 Å². The lowest BCUT2D eigenvalue weighted by Gasteiger charge is -2.41. The van der Waals surface area contributed by atoms with E-state index in [4.69, 9.17) is 21.2 Å². The molecule has 1 aromatic rings. The summed E-state index contributed by atoms with van der Waals surface area (Å²) in [4.78, 5) is 23.4. The van der Waals surface area contributed by atoms with Crippen molar-refractivity contribution in [3.05, 3.63) is 29.3 Å². The lowest BCUT2D eigenvalue weighted by Crippen LogP contribution is -2.51. The molecule has 31 heavy (non-hydrogen) atoms. The Morgan fingerprint density at radius 1 is 0.968 bits per heavy atom. The van der Waals surface area contributed by atoms with Crippen LogP contribution in [0.3, 0.4) is 0 Å². The largest absolute Gasteiger partial charge is 0.448 e. The highest BCUT2D eigenvalue weighted by Gasteiger charge is 2.33. The van der Waals surface area contributed by atoms with Crippen LogP contribution in [0.25, 0.3) is 0 Å². The van der Waals surface area contributed by atoms with E-state index in [1.165, 1.54) is 32.4 Å². The fourth-order valence-electron chi connectivity index (χ4n) is 5.16. The molecular formula is C24H36ClN3O3. The predicted octanol–water partition coefficient (Wildman–Crippen LogP) is 4.96. The first-order valence-electron chi connectivity index (χ1n) is 12.0. The number of carbonyl (C=O) groups is 1. The molecule has 1 amide bonds. The molecule has 0 radical (unpaired) electrons. The average molecular weight is 450 g/mol. The van der Waals surface area contributed by atoms with Gasteiger partial charge in [-0.2, -0.15) is 0 Å². The second-order valence-corrected chi connectivity index (χ2v) is 9.67. The summed E-state index contributed by atoms with van der Waals surface area (Å²) in [6.07, 6.45) is 9.08. The normalized spacial score (nSPS) is 26.6. The van der Waals surface area contributed by atoms with E-state index in [-0.39, 0.29) is 18.2 Å². The van der Waals surface area contributed by atoms with Gasteiger partial charge in [-0.15, -0.1) is 5.06 Å². The molecule has 0 saturated carbocycles. The van der Waals surface area contributed by atoms with Crippen molar-refractivity contribution in [2.75, 3.05) is 32.8 Å². The summed E-state index contributed by atoms with van der Waals surface area (Å²) in [6, 6.07) is 8.37. The molecule has 7 heteroatoms. The lowest BCUT2D eigenvalue weighted by molar-refractivity contribution is -0.155. The number of ether oxygens (including phenoxy) is 1. The van der Waals surface area contributed by atoms with E-state index in [1.54, 1.807) is 0 Å². The first-order chi connectivity index (χ1) is 15.1. The quantitative estimate of drug-likeness (QED) is 0.635. The standard InChI is InChI=1S/C24H36ClN3O3/c1-19-6-5-7-22(28(19)31-23-10-8-20(25)9-11-23)18-30-24(29)27-16-12-21(13-17-27)26-14-3-2-4-15-26/h8-11,19,21-22H,2-7,12-18H2,1H3/t19-,22-/m1/s1. The number of amides is 1. The first kappa shape index (κ1) is 22.7. The zero-order chi connectivity index (χ0) is 21.6. The molecule has 3 fully saturated rings. The van der Waals surface area contributed by atoms with Crippen LogP contribution in [0.2, 0.25) is 5.02 Å². The Hall–Kier alpha value is -1.50. The van der Waals surface area contributed by atoms with Crippen LogP contribution in [-0.2, 0) is 4.74 Å². The summed E-state index contributed by atoms with van der Waals surface area (Å²) >= 11 is 5.99. The van der Waals surface area contributed by atoms with Gasteiger partial charge in [-0.05, 0) is 89.2 Å². The molecule has 3 saturated heterocycles. The number of piperidine rings is 3. The van der Waals surface area contributed by atoms with Gasteiger partial charge in [0.1, 0.15) is 12.4 Å². The fraction of sp³-hybridized carbons (Fsp3) is 0.708. The second-order valence-electron chi connectivity index (χ2n) is 9.23. The van der Waals surface area contributed by atoms with Crippen molar-refractivity contribution in [2.45, 2.75) is 76.4 Å². The van der Waals surface area contributed by atoms with Crippen LogP contribution in [0.4, 0.5) is 4.79 Å². The molecule has 0 aliphatic carbocycles. The fourth-order valence-corrected chi connectivity index (χ4v) is 5.28. The Bertz CT molecular complexity index is 703. The minimum Gasteiger partial charge on any atom is -0.448 e. The maximum atomic E-state index is 12.7. The molecule has 3 heterocycles. The average Bonchev–Trinajstić information content (AvgIpc) is 2.81. The second kappa shape index (κ2) is 10.9. The Kier molecular flexibility index (Phi) is 7.96. The summed E-state index contributed by atoms with van der Waals surface area (Å²) in [6.45, 7) is 6.56. The smallest absolute Gasteiger partial charge is 0.409 e. The first-order valence-corrected chi connectivity index (χ1v) is 12.4. The van der Waals surface area contributed by atoms with Gasteiger partial charge in [0.25, 0.3) is 0 Å². The molecule has 2 atom stereocenters. The molecule has 3 aliphatic heterocycles. The molecular weight excluding hydrogens is 414 g/mol. The highest BCUT2D eigenvalue weighted by Crippen LogP contribution is 2.27. The van der Waals surface area contributed by atoms with Gasteiger partial charge >= 0.3 is 6.09 Å². The predicted molar refractivity (Wildman–Crippen MR) is 122 cm³/mol. The zero-order valence-corrected chi connectivity index (χ0v) is 19.4. The molecule has 4 rings (SSSR count). The lowest BCUT2D eigenvalue weighted by atomic mass is 9.99. The number of halogens is 1. The van der Waals surface area contributed by atoms with E-state index in [9.17, 15) is 4.79 Å². The van der Waals surface area contributed by atoms with Crippen molar-refractivity contribution in [3.63, 3.8) is 0 Å². The van der Waals surface area contributed by atoms with Gasteiger partial charge in [-0.25, -0.2) is 4.79 Å². The molecule has 6 nitrogen and oxygen atoms in total. The topological polar surface area (TPSA) is 45.2 Å². The van der Waals surface area contributed by atoms with Crippen LogP contribution in [-0.4, -0.2) is 71.9 Å². The Morgan fingerprint density at radius 3 is 2.39 bits per heavy atom. The van der Waals surface area contributed by atoms with E-state index < -0.39 is 0 Å². The van der Waals surface area contributed by atoms with Crippen LogP contribution < -0.4 is 4.84 Å². The molecule has 3 aliphatic rings. The van der Waals surface area contributed by atoms with Gasteiger partial charge in [0.2, 0.25) is 0 Å². The minimum atomic E-state index is -0.179. The van der Waals surface area contributed by atoms with Crippen molar-refractivity contribution >= 4 is 17.7 Å². The van der Waals surface area contributed by atoms with E-state index in [0.29, 0.717) is 17.7 Å².